The number of nitrogens with zero attached hydrogens (tertiary/aromatic N) is 4. The lowest BCUT2D eigenvalue weighted by molar-refractivity contribution is 0.378. The third kappa shape index (κ3) is 3.30. The fraction of sp³-hybridized carbons (Fsp3) is 0.300. The van der Waals surface area contributed by atoms with E-state index >= 15 is 0 Å². The first-order chi connectivity index (χ1) is 8.58. The number of hydrogen-bond acceptors (Lipinski definition) is 6. The highest BCUT2D eigenvalue weighted by molar-refractivity contribution is 9.11. The van der Waals surface area contributed by atoms with Crippen LogP contribution in [0.1, 0.15) is 5.56 Å². The Morgan fingerprint density at radius 3 is 2.83 bits per heavy atom. The van der Waals surface area contributed by atoms with E-state index in [1.165, 1.54) is 12.7 Å². The molecule has 0 spiro atoms. The van der Waals surface area contributed by atoms with Crippen molar-refractivity contribution in [3.8, 4) is 6.01 Å². The minimum absolute atomic E-state index is 0.121. The van der Waals surface area contributed by atoms with Gasteiger partial charge in [0.2, 0.25) is 11.2 Å². The van der Waals surface area contributed by atoms with Crippen LogP contribution in [0.2, 0.25) is 5.28 Å². The van der Waals surface area contributed by atoms with Crippen molar-refractivity contribution in [2.75, 3.05) is 19.1 Å². The average molecular weight is 350 g/mol. The lowest BCUT2D eigenvalue weighted by Gasteiger charge is -2.16. The first-order valence-electron chi connectivity index (χ1n) is 4.98. The molecule has 2 heterocycles. The Balaban J connectivity index is 2.17. The lowest BCUT2D eigenvalue weighted by atomic mass is 10.3. The van der Waals surface area contributed by atoms with Crippen LogP contribution >= 0.6 is 38.9 Å². The van der Waals surface area contributed by atoms with E-state index in [0.717, 1.165) is 3.79 Å². The number of rotatable bonds is 4. The highest BCUT2D eigenvalue weighted by Gasteiger charge is 2.10. The van der Waals surface area contributed by atoms with Gasteiger partial charge in [-0.2, -0.15) is 15.0 Å². The summed E-state index contributed by atoms with van der Waals surface area (Å²) in [4.78, 5) is 13.9. The zero-order valence-corrected chi connectivity index (χ0v) is 12.9. The molecule has 2 aromatic heterocycles. The van der Waals surface area contributed by atoms with Crippen molar-refractivity contribution in [3.63, 3.8) is 0 Å². The molecule has 0 amide bonds. The summed E-state index contributed by atoms with van der Waals surface area (Å²) in [6.45, 7) is 0.686. The zero-order valence-electron chi connectivity index (χ0n) is 9.72. The Morgan fingerprint density at radius 2 is 2.22 bits per heavy atom. The maximum Gasteiger partial charge on any atom is 0.322 e. The maximum absolute atomic E-state index is 5.81. The maximum atomic E-state index is 5.81. The van der Waals surface area contributed by atoms with Crippen LogP contribution < -0.4 is 9.64 Å². The summed E-state index contributed by atoms with van der Waals surface area (Å²) in [6.07, 6.45) is 0. The van der Waals surface area contributed by atoms with E-state index in [9.17, 15) is 0 Å². The molecule has 0 aliphatic carbocycles. The standard InChI is InChI=1S/C10H10BrClN4OS/c1-16(4-6-3-7(11)18-5-6)9-13-8(12)14-10(15-9)17-2/h3,5H,4H2,1-2H3. The fourth-order valence-electron chi connectivity index (χ4n) is 1.36. The Kier molecular flexibility index (Phi) is 4.36. The zero-order chi connectivity index (χ0) is 13.1. The van der Waals surface area contributed by atoms with Crippen LogP contribution in [0.25, 0.3) is 0 Å². The molecule has 2 aromatic rings. The molecule has 0 N–H and O–H groups in total. The molecule has 8 heteroatoms. The van der Waals surface area contributed by atoms with Crippen molar-refractivity contribution >= 4 is 44.8 Å². The molecule has 0 radical (unpaired) electrons. The van der Waals surface area contributed by atoms with E-state index in [4.69, 9.17) is 16.3 Å². The summed E-state index contributed by atoms with van der Waals surface area (Å²) in [5.41, 5.74) is 1.17. The van der Waals surface area contributed by atoms with Gasteiger partial charge < -0.3 is 9.64 Å². The van der Waals surface area contributed by atoms with Crippen molar-refractivity contribution in [3.05, 3.63) is 26.1 Å². The van der Waals surface area contributed by atoms with Gasteiger partial charge in [0.1, 0.15) is 0 Å². The summed E-state index contributed by atoms with van der Waals surface area (Å²) in [6, 6.07) is 2.27. The third-order valence-corrected chi connectivity index (χ3v) is 3.86. The van der Waals surface area contributed by atoms with Gasteiger partial charge in [0.25, 0.3) is 0 Å². The van der Waals surface area contributed by atoms with Gasteiger partial charge in [0.05, 0.1) is 10.9 Å². The fourth-order valence-corrected chi connectivity index (χ4v) is 2.71. The number of halogens is 2. The molecule has 2 rings (SSSR count). The second kappa shape index (κ2) is 5.81. The number of hydrogen-bond donors (Lipinski definition) is 0. The number of methoxy groups -OCH3 is 1. The van der Waals surface area contributed by atoms with E-state index in [0.29, 0.717) is 12.5 Å². The topological polar surface area (TPSA) is 51.1 Å². The van der Waals surface area contributed by atoms with Gasteiger partial charge in [0, 0.05) is 13.6 Å². The highest BCUT2D eigenvalue weighted by Crippen LogP contribution is 2.23. The van der Waals surface area contributed by atoms with Crippen molar-refractivity contribution in [1.82, 2.24) is 15.0 Å². The molecule has 0 bridgehead atoms. The normalized spacial score (nSPS) is 10.4. The predicted octanol–water partition coefficient (Wildman–Crippen LogP) is 2.99. The lowest BCUT2D eigenvalue weighted by Crippen LogP contribution is -2.19. The second-order valence-electron chi connectivity index (χ2n) is 3.51. The molecule has 0 aliphatic rings. The van der Waals surface area contributed by atoms with Gasteiger partial charge in [-0.1, -0.05) is 0 Å². The Morgan fingerprint density at radius 1 is 1.44 bits per heavy atom. The molecule has 5 nitrogen and oxygen atoms in total. The molecular formula is C10H10BrClN4OS. The largest absolute Gasteiger partial charge is 0.467 e. The first-order valence-corrected chi connectivity index (χ1v) is 7.03. The quantitative estimate of drug-likeness (QED) is 0.849. The molecule has 0 unspecified atom stereocenters. The van der Waals surface area contributed by atoms with Crippen LogP contribution in [0.15, 0.2) is 15.2 Å². The van der Waals surface area contributed by atoms with Gasteiger partial charge in [-0.05, 0) is 44.5 Å². The van der Waals surface area contributed by atoms with Gasteiger partial charge >= 0.3 is 6.01 Å². The van der Waals surface area contributed by atoms with Crippen LogP contribution in [0.5, 0.6) is 6.01 Å². The number of thiophene rings is 1. The van der Waals surface area contributed by atoms with Gasteiger partial charge in [0.15, 0.2) is 0 Å². The van der Waals surface area contributed by atoms with Crippen LogP contribution in [0.3, 0.4) is 0 Å². The van der Waals surface area contributed by atoms with E-state index < -0.39 is 0 Å². The number of aromatic nitrogens is 3. The van der Waals surface area contributed by atoms with Gasteiger partial charge in [-0.3, -0.25) is 0 Å². The number of ether oxygens (including phenoxy) is 1. The smallest absolute Gasteiger partial charge is 0.322 e. The Hall–Kier alpha value is -0.920. The second-order valence-corrected chi connectivity index (χ2v) is 6.13. The van der Waals surface area contributed by atoms with E-state index in [1.807, 2.05) is 11.9 Å². The average Bonchev–Trinajstić information content (AvgIpc) is 2.73. The van der Waals surface area contributed by atoms with Crippen molar-refractivity contribution in [2.45, 2.75) is 6.54 Å². The van der Waals surface area contributed by atoms with Gasteiger partial charge in [-0.15, -0.1) is 11.3 Å². The molecule has 0 saturated carbocycles. The SMILES string of the molecule is COc1nc(Cl)nc(N(C)Cc2csc(Br)c2)n1. The summed E-state index contributed by atoms with van der Waals surface area (Å²) < 4.78 is 6.06. The van der Waals surface area contributed by atoms with Crippen LogP contribution in [-0.2, 0) is 6.54 Å². The third-order valence-electron chi connectivity index (χ3n) is 2.14. The summed E-state index contributed by atoms with van der Waals surface area (Å²) in [7, 11) is 3.38. The Labute approximate surface area is 122 Å². The predicted molar refractivity (Wildman–Crippen MR) is 75.5 cm³/mol. The summed E-state index contributed by atoms with van der Waals surface area (Å²) in [5.74, 6) is 0.481. The monoisotopic (exact) mass is 348 g/mol. The van der Waals surface area contributed by atoms with E-state index in [2.05, 4.69) is 42.3 Å². The first kappa shape index (κ1) is 13.5. The summed E-state index contributed by atoms with van der Waals surface area (Å²) in [5, 5.41) is 2.19. The molecule has 0 aliphatic heterocycles. The van der Waals surface area contributed by atoms with Crippen LogP contribution in [0, 0.1) is 0 Å². The van der Waals surface area contributed by atoms with Crippen molar-refractivity contribution in [2.24, 2.45) is 0 Å². The van der Waals surface area contributed by atoms with Gasteiger partial charge in [-0.25, -0.2) is 0 Å². The van der Waals surface area contributed by atoms with Crippen molar-refractivity contribution < 1.29 is 4.74 Å². The van der Waals surface area contributed by atoms with E-state index in [1.54, 1.807) is 11.3 Å². The summed E-state index contributed by atoms with van der Waals surface area (Å²) >= 11 is 10.9. The minimum atomic E-state index is 0.121. The molecule has 18 heavy (non-hydrogen) atoms. The van der Waals surface area contributed by atoms with Crippen LogP contribution in [-0.4, -0.2) is 29.1 Å². The molecule has 0 aromatic carbocycles. The Bertz CT molecular complexity index is 550. The molecule has 0 saturated heterocycles. The molecule has 96 valence electrons. The molecule has 0 fully saturated rings. The molecule has 0 atom stereocenters. The minimum Gasteiger partial charge on any atom is -0.467 e. The highest BCUT2D eigenvalue weighted by atomic mass is 79.9. The molecular weight excluding hydrogens is 340 g/mol. The van der Waals surface area contributed by atoms with Crippen LogP contribution in [0.4, 0.5) is 5.95 Å². The van der Waals surface area contributed by atoms with E-state index in [-0.39, 0.29) is 11.3 Å². The number of anilines is 1. The van der Waals surface area contributed by atoms with Crippen molar-refractivity contribution in [1.29, 1.82) is 0 Å².